The first-order valence-electron chi connectivity index (χ1n) is 6.22. The van der Waals surface area contributed by atoms with E-state index in [1.165, 1.54) is 13.3 Å². The molecule has 1 heterocycles. The van der Waals surface area contributed by atoms with Crippen LogP contribution in [0.3, 0.4) is 0 Å². The summed E-state index contributed by atoms with van der Waals surface area (Å²) in [6.45, 7) is 4.18. The Morgan fingerprint density at radius 1 is 1.39 bits per heavy atom. The van der Waals surface area contributed by atoms with Crippen molar-refractivity contribution in [3.63, 3.8) is 0 Å². The van der Waals surface area contributed by atoms with E-state index in [1.54, 1.807) is 6.20 Å². The maximum atomic E-state index is 11.3. The number of nitrogens with zero attached hydrogens (tertiary/aromatic N) is 2. The number of nitrogens with two attached hydrogens (primary N) is 1. The molecule has 0 saturated carbocycles. The molecule has 0 aromatic carbocycles. The highest BCUT2D eigenvalue weighted by Gasteiger charge is 2.31. The zero-order valence-electron chi connectivity index (χ0n) is 11.3. The first kappa shape index (κ1) is 14.4. The number of methoxy groups -OCH3 is 1. The quantitative estimate of drug-likeness (QED) is 0.783. The third kappa shape index (κ3) is 3.18. The predicted octanol–water partition coefficient (Wildman–Crippen LogP) is 2.07. The van der Waals surface area contributed by atoms with Crippen LogP contribution in [0.4, 0.5) is 5.82 Å². The number of aromatic nitrogens is 2. The molecule has 0 amide bonds. The van der Waals surface area contributed by atoms with Gasteiger partial charge in [0.25, 0.3) is 0 Å². The van der Waals surface area contributed by atoms with Crippen LogP contribution in [-0.2, 0) is 14.9 Å². The highest BCUT2D eigenvalue weighted by molar-refractivity contribution is 5.69. The van der Waals surface area contributed by atoms with Crippen molar-refractivity contribution in [2.75, 3.05) is 12.8 Å². The van der Waals surface area contributed by atoms with E-state index in [-0.39, 0.29) is 11.4 Å². The molecule has 0 unspecified atom stereocenters. The van der Waals surface area contributed by atoms with Gasteiger partial charge < -0.3 is 10.5 Å². The molecule has 0 atom stereocenters. The maximum Gasteiger partial charge on any atom is 0.305 e. The molecule has 0 fully saturated rings. The monoisotopic (exact) mass is 251 g/mol. The Morgan fingerprint density at radius 2 is 2.06 bits per heavy atom. The van der Waals surface area contributed by atoms with E-state index < -0.39 is 0 Å². The molecular formula is C13H21N3O2. The van der Waals surface area contributed by atoms with Gasteiger partial charge in [0, 0.05) is 18.0 Å². The van der Waals surface area contributed by atoms with Gasteiger partial charge in [-0.25, -0.2) is 4.98 Å². The average molecular weight is 251 g/mol. The van der Waals surface area contributed by atoms with E-state index >= 15 is 0 Å². The number of carbonyl (C=O) groups is 1. The average Bonchev–Trinajstić information content (AvgIpc) is 2.40. The van der Waals surface area contributed by atoms with Gasteiger partial charge in [-0.05, 0) is 19.3 Å². The lowest BCUT2D eigenvalue weighted by atomic mass is 9.75. The summed E-state index contributed by atoms with van der Waals surface area (Å²) in [5, 5.41) is 0. The Kier molecular flexibility index (Phi) is 5.07. The lowest BCUT2D eigenvalue weighted by Gasteiger charge is -2.30. The number of esters is 1. The van der Waals surface area contributed by atoms with Crippen LogP contribution in [0.25, 0.3) is 0 Å². The number of rotatable bonds is 6. The summed E-state index contributed by atoms with van der Waals surface area (Å²) in [4.78, 5) is 19.7. The van der Waals surface area contributed by atoms with Crippen LogP contribution in [-0.4, -0.2) is 23.0 Å². The van der Waals surface area contributed by atoms with Gasteiger partial charge in [0.2, 0.25) is 0 Å². The van der Waals surface area contributed by atoms with Gasteiger partial charge >= 0.3 is 5.97 Å². The van der Waals surface area contributed by atoms with Crippen LogP contribution in [0.1, 0.15) is 45.2 Å². The van der Waals surface area contributed by atoms with Crippen LogP contribution < -0.4 is 5.73 Å². The minimum atomic E-state index is -0.196. The first-order chi connectivity index (χ1) is 8.57. The minimum Gasteiger partial charge on any atom is -0.469 e. The Labute approximate surface area is 108 Å². The second-order valence-electron chi connectivity index (χ2n) is 4.39. The molecule has 0 radical (unpaired) electrons. The van der Waals surface area contributed by atoms with Crippen molar-refractivity contribution in [2.45, 2.75) is 44.9 Å². The van der Waals surface area contributed by atoms with Gasteiger partial charge in [-0.3, -0.25) is 9.78 Å². The molecule has 0 aliphatic heterocycles. The fraction of sp³-hybridized carbons (Fsp3) is 0.615. The number of carbonyl (C=O) groups excluding carboxylic acids is 1. The zero-order chi connectivity index (χ0) is 13.6. The van der Waals surface area contributed by atoms with E-state index in [0.717, 1.165) is 18.5 Å². The van der Waals surface area contributed by atoms with Gasteiger partial charge in [-0.2, -0.15) is 0 Å². The molecule has 1 aromatic rings. The van der Waals surface area contributed by atoms with Crippen LogP contribution in [0, 0.1) is 0 Å². The zero-order valence-corrected chi connectivity index (χ0v) is 11.3. The fourth-order valence-electron chi connectivity index (χ4n) is 2.17. The molecule has 0 spiro atoms. The molecule has 2 N–H and O–H groups in total. The second kappa shape index (κ2) is 6.33. The Balaban J connectivity index is 2.95. The number of anilines is 1. The molecule has 5 heteroatoms. The SMILES string of the molecule is CCC(CC)(CCC(=O)OC)c1cncc(N)n1. The van der Waals surface area contributed by atoms with Crippen LogP contribution in [0.15, 0.2) is 12.4 Å². The van der Waals surface area contributed by atoms with Gasteiger partial charge in [0.05, 0.1) is 19.0 Å². The molecule has 18 heavy (non-hydrogen) atoms. The van der Waals surface area contributed by atoms with E-state index in [4.69, 9.17) is 10.5 Å². The van der Waals surface area contributed by atoms with E-state index in [1.807, 2.05) is 0 Å². The Bertz CT molecular complexity index is 403. The highest BCUT2D eigenvalue weighted by Crippen LogP contribution is 2.35. The molecule has 1 aromatic heterocycles. The summed E-state index contributed by atoms with van der Waals surface area (Å²) in [5.74, 6) is 0.218. The van der Waals surface area contributed by atoms with Crippen molar-refractivity contribution in [3.05, 3.63) is 18.1 Å². The van der Waals surface area contributed by atoms with Crippen LogP contribution >= 0.6 is 0 Å². The fourth-order valence-corrected chi connectivity index (χ4v) is 2.17. The van der Waals surface area contributed by atoms with Crippen LogP contribution in [0.2, 0.25) is 0 Å². The van der Waals surface area contributed by atoms with Gasteiger partial charge in [0.1, 0.15) is 5.82 Å². The van der Waals surface area contributed by atoms with E-state index in [0.29, 0.717) is 18.7 Å². The van der Waals surface area contributed by atoms with Crippen molar-refractivity contribution >= 4 is 11.8 Å². The summed E-state index contributed by atoms with van der Waals surface area (Å²) in [7, 11) is 1.40. The number of hydrogen-bond donors (Lipinski definition) is 1. The lowest BCUT2D eigenvalue weighted by molar-refractivity contribution is -0.141. The molecule has 0 aliphatic carbocycles. The molecule has 100 valence electrons. The van der Waals surface area contributed by atoms with E-state index in [2.05, 4.69) is 23.8 Å². The van der Waals surface area contributed by atoms with Gasteiger partial charge in [-0.1, -0.05) is 13.8 Å². The molecule has 5 nitrogen and oxygen atoms in total. The Morgan fingerprint density at radius 3 is 2.56 bits per heavy atom. The third-order valence-corrected chi connectivity index (χ3v) is 3.59. The molecule has 0 aliphatic rings. The van der Waals surface area contributed by atoms with Gasteiger partial charge in [-0.15, -0.1) is 0 Å². The summed E-state index contributed by atoms with van der Waals surface area (Å²) in [6, 6.07) is 0. The van der Waals surface area contributed by atoms with Crippen molar-refractivity contribution in [1.29, 1.82) is 0 Å². The van der Waals surface area contributed by atoms with Crippen molar-refractivity contribution < 1.29 is 9.53 Å². The first-order valence-corrected chi connectivity index (χ1v) is 6.22. The predicted molar refractivity (Wildman–Crippen MR) is 70.0 cm³/mol. The largest absolute Gasteiger partial charge is 0.469 e. The molecule has 1 rings (SSSR count). The third-order valence-electron chi connectivity index (χ3n) is 3.59. The highest BCUT2D eigenvalue weighted by atomic mass is 16.5. The topological polar surface area (TPSA) is 78.1 Å². The van der Waals surface area contributed by atoms with Crippen LogP contribution in [0.5, 0.6) is 0 Å². The smallest absolute Gasteiger partial charge is 0.305 e. The second-order valence-corrected chi connectivity index (χ2v) is 4.39. The number of nitrogen functional groups attached to an aromatic ring is 1. The maximum absolute atomic E-state index is 11.3. The molecule has 0 saturated heterocycles. The minimum absolute atomic E-state index is 0.156. The van der Waals surface area contributed by atoms with E-state index in [9.17, 15) is 4.79 Å². The van der Waals surface area contributed by atoms with Crippen molar-refractivity contribution in [3.8, 4) is 0 Å². The van der Waals surface area contributed by atoms with Gasteiger partial charge in [0.15, 0.2) is 0 Å². The standard InChI is InChI=1S/C13H21N3O2/c1-4-13(5-2,7-6-12(17)18-3)10-8-15-9-11(14)16-10/h8-9H,4-7H2,1-3H3,(H2,14,16). The number of hydrogen-bond acceptors (Lipinski definition) is 5. The molecular weight excluding hydrogens is 230 g/mol. The lowest BCUT2D eigenvalue weighted by Crippen LogP contribution is -2.27. The number of ether oxygens (including phenoxy) is 1. The summed E-state index contributed by atoms with van der Waals surface area (Å²) in [6.07, 6.45) is 6.12. The summed E-state index contributed by atoms with van der Waals surface area (Å²) >= 11 is 0. The Hall–Kier alpha value is -1.65. The van der Waals surface area contributed by atoms with Crippen molar-refractivity contribution in [1.82, 2.24) is 9.97 Å². The summed E-state index contributed by atoms with van der Waals surface area (Å²) < 4.78 is 4.69. The van der Waals surface area contributed by atoms with Crippen molar-refractivity contribution in [2.24, 2.45) is 0 Å². The summed E-state index contributed by atoms with van der Waals surface area (Å²) in [5.41, 5.74) is 6.38. The normalized spacial score (nSPS) is 11.3. The molecule has 0 bridgehead atoms.